The second-order valence-corrected chi connectivity index (χ2v) is 6.89. The molecule has 126 valence electrons. The maximum absolute atomic E-state index is 12.8. The van der Waals surface area contributed by atoms with Crippen LogP contribution in [0.2, 0.25) is 5.02 Å². The molecular weight excluding hydrogens is 336 g/mol. The molecule has 5 heteroatoms. The number of rotatable bonds is 3. The Morgan fingerprint density at radius 3 is 2.76 bits per heavy atom. The third kappa shape index (κ3) is 2.72. The van der Waals surface area contributed by atoms with Gasteiger partial charge in [0.25, 0.3) is 5.91 Å². The van der Waals surface area contributed by atoms with Gasteiger partial charge in [-0.1, -0.05) is 35.9 Å². The molecule has 1 N–H and O–H groups in total. The molecule has 0 spiro atoms. The summed E-state index contributed by atoms with van der Waals surface area (Å²) in [6, 6.07) is 13.2. The molecule has 3 aromatic rings. The van der Waals surface area contributed by atoms with Gasteiger partial charge in [-0.2, -0.15) is 0 Å². The highest BCUT2D eigenvalue weighted by Crippen LogP contribution is 2.30. The summed E-state index contributed by atoms with van der Waals surface area (Å²) in [7, 11) is 0. The van der Waals surface area contributed by atoms with E-state index in [9.17, 15) is 9.59 Å². The molecule has 0 unspecified atom stereocenters. The molecule has 0 radical (unpaired) electrons. The van der Waals surface area contributed by atoms with E-state index in [0.29, 0.717) is 17.0 Å². The first-order valence-corrected chi connectivity index (χ1v) is 8.62. The number of pyridine rings is 1. The summed E-state index contributed by atoms with van der Waals surface area (Å²) < 4.78 is 2.04. The molecule has 2 heterocycles. The zero-order valence-corrected chi connectivity index (χ0v) is 14.5. The lowest BCUT2D eigenvalue weighted by Crippen LogP contribution is -2.29. The summed E-state index contributed by atoms with van der Waals surface area (Å²) in [6.07, 6.45) is 2.58. The van der Waals surface area contributed by atoms with Gasteiger partial charge in [0.05, 0.1) is 5.52 Å². The predicted molar refractivity (Wildman–Crippen MR) is 99.2 cm³/mol. The first-order chi connectivity index (χ1) is 12.0. The van der Waals surface area contributed by atoms with Gasteiger partial charge in [0.2, 0.25) is 5.43 Å². The van der Waals surface area contributed by atoms with E-state index >= 15 is 0 Å². The first-order valence-electron chi connectivity index (χ1n) is 8.24. The minimum atomic E-state index is -0.352. The van der Waals surface area contributed by atoms with Crippen molar-refractivity contribution >= 4 is 28.4 Å². The van der Waals surface area contributed by atoms with Gasteiger partial charge < -0.3 is 9.88 Å². The van der Waals surface area contributed by atoms with Crippen LogP contribution in [0, 0.1) is 0 Å². The third-order valence-electron chi connectivity index (χ3n) is 4.74. The molecule has 0 bridgehead atoms. The van der Waals surface area contributed by atoms with E-state index in [4.69, 9.17) is 11.6 Å². The summed E-state index contributed by atoms with van der Waals surface area (Å²) >= 11 is 5.87. The number of benzene rings is 2. The van der Waals surface area contributed by atoms with E-state index in [1.807, 2.05) is 28.8 Å². The fourth-order valence-corrected chi connectivity index (χ4v) is 3.58. The quantitative estimate of drug-likeness (QED) is 0.781. The molecule has 4 rings (SSSR count). The molecule has 0 fully saturated rings. The van der Waals surface area contributed by atoms with Crippen LogP contribution >= 0.6 is 11.6 Å². The molecule has 1 atom stereocenters. The molecule has 0 saturated heterocycles. The second kappa shape index (κ2) is 6.05. The van der Waals surface area contributed by atoms with Gasteiger partial charge in [0.1, 0.15) is 5.56 Å². The summed E-state index contributed by atoms with van der Waals surface area (Å²) in [5.74, 6) is -0.352. The summed E-state index contributed by atoms with van der Waals surface area (Å²) in [5, 5.41) is 4.09. The van der Waals surface area contributed by atoms with Crippen molar-refractivity contribution in [3.63, 3.8) is 0 Å². The van der Waals surface area contributed by atoms with Crippen molar-refractivity contribution in [1.82, 2.24) is 9.88 Å². The Bertz CT molecular complexity index is 1040. The van der Waals surface area contributed by atoms with Crippen molar-refractivity contribution in [1.29, 1.82) is 0 Å². The van der Waals surface area contributed by atoms with Crippen molar-refractivity contribution in [2.24, 2.45) is 0 Å². The van der Waals surface area contributed by atoms with Gasteiger partial charge >= 0.3 is 0 Å². The average Bonchev–Trinajstić information content (AvgIpc) is 2.93. The van der Waals surface area contributed by atoms with Crippen LogP contribution in [0.15, 0.2) is 53.5 Å². The van der Waals surface area contributed by atoms with Gasteiger partial charge in [-0.25, -0.2) is 0 Å². The van der Waals surface area contributed by atoms with Gasteiger partial charge in [0, 0.05) is 29.2 Å². The highest BCUT2D eigenvalue weighted by Gasteiger charge is 2.24. The number of para-hydroxylation sites is 1. The van der Waals surface area contributed by atoms with Gasteiger partial charge in [-0.15, -0.1) is 0 Å². The van der Waals surface area contributed by atoms with Crippen molar-refractivity contribution in [3.8, 4) is 0 Å². The molecule has 25 heavy (non-hydrogen) atoms. The molecule has 1 aliphatic heterocycles. The molecule has 0 aliphatic carbocycles. The zero-order valence-electron chi connectivity index (χ0n) is 13.8. The minimum Gasteiger partial charge on any atom is -0.348 e. The van der Waals surface area contributed by atoms with E-state index in [0.717, 1.165) is 23.1 Å². The van der Waals surface area contributed by atoms with Crippen molar-refractivity contribution in [2.45, 2.75) is 25.9 Å². The third-order valence-corrected chi connectivity index (χ3v) is 4.99. The predicted octanol–water partition coefficient (Wildman–Crippen LogP) is 3.70. The average molecular weight is 353 g/mol. The first kappa shape index (κ1) is 15.9. The van der Waals surface area contributed by atoms with Crippen LogP contribution in [0.25, 0.3) is 10.9 Å². The van der Waals surface area contributed by atoms with E-state index in [2.05, 4.69) is 12.2 Å². The summed E-state index contributed by atoms with van der Waals surface area (Å²) in [6.45, 7) is 2.45. The monoisotopic (exact) mass is 352 g/mol. The molecule has 1 aliphatic rings. The lowest BCUT2D eigenvalue weighted by atomic mass is 10.1. The van der Waals surface area contributed by atoms with Crippen molar-refractivity contribution in [2.75, 3.05) is 0 Å². The Morgan fingerprint density at radius 1 is 1.24 bits per heavy atom. The zero-order chi connectivity index (χ0) is 17.6. The Kier molecular flexibility index (Phi) is 3.85. The lowest BCUT2D eigenvalue weighted by Gasteiger charge is -2.12. The van der Waals surface area contributed by atoms with E-state index < -0.39 is 0 Å². The maximum Gasteiger partial charge on any atom is 0.257 e. The van der Waals surface area contributed by atoms with Gasteiger partial charge in [-0.05, 0) is 42.7 Å². The van der Waals surface area contributed by atoms with Crippen LogP contribution in [0.5, 0.6) is 0 Å². The second-order valence-electron chi connectivity index (χ2n) is 6.45. The summed E-state index contributed by atoms with van der Waals surface area (Å²) in [5.41, 5.74) is 3.02. The van der Waals surface area contributed by atoms with Gasteiger partial charge in [0.15, 0.2) is 0 Å². The number of nitrogens with one attached hydrogen (secondary N) is 1. The molecule has 2 aromatic carbocycles. The van der Waals surface area contributed by atoms with Crippen LogP contribution < -0.4 is 10.7 Å². The van der Waals surface area contributed by atoms with Gasteiger partial charge in [-0.3, -0.25) is 9.59 Å². The van der Waals surface area contributed by atoms with Crippen LogP contribution in [0.1, 0.15) is 34.5 Å². The van der Waals surface area contributed by atoms with Crippen LogP contribution in [0.4, 0.5) is 0 Å². The number of hydrogen-bond donors (Lipinski definition) is 1. The molecule has 1 aromatic heterocycles. The molecule has 4 nitrogen and oxygen atoms in total. The number of nitrogens with zero attached hydrogens (tertiary/aromatic N) is 1. The smallest absolute Gasteiger partial charge is 0.257 e. The SMILES string of the molecule is C[C@@H]1Cc2cccc3c(=O)c(C(=O)NCc4ccc(Cl)cc4)cn1c23. The van der Waals surface area contributed by atoms with Crippen molar-refractivity contribution in [3.05, 3.63) is 80.6 Å². The van der Waals surface area contributed by atoms with E-state index in [1.165, 1.54) is 0 Å². The number of aromatic nitrogens is 1. The standard InChI is InChI=1S/C20H17ClN2O2/c1-12-9-14-3-2-4-16-18(14)23(12)11-17(19(16)24)20(25)22-10-13-5-7-15(21)8-6-13/h2-8,11-12H,9-10H2,1H3,(H,22,25)/t12-/m1/s1. The Labute approximate surface area is 150 Å². The fourth-order valence-electron chi connectivity index (χ4n) is 3.46. The number of halogens is 1. The number of amides is 1. The molecule has 1 amide bonds. The number of carbonyl (C=O) groups excluding carboxylic acids is 1. The van der Waals surface area contributed by atoms with Crippen LogP contribution in [0.3, 0.4) is 0 Å². The molecule has 0 saturated carbocycles. The highest BCUT2D eigenvalue weighted by molar-refractivity contribution is 6.30. The molecular formula is C20H17ClN2O2. The summed E-state index contributed by atoms with van der Waals surface area (Å²) in [4.78, 5) is 25.4. The number of hydrogen-bond acceptors (Lipinski definition) is 2. The Morgan fingerprint density at radius 2 is 2.00 bits per heavy atom. The van der Waals surface area contributed by atoms with Crippen LogP contribution in [-0.4, -0.2) is 10.5 Å². The van der Waals surface area contributed by atoms with E-state index in [1.54, 1.807) is 24.4 Å². The van der Waals surface area contributed by atoms with Crippen molar-refractivity contribution < 1.29 is 4.79 Å². The maximum atomic E-state index is 12.8. The van der Waals surface area contributed by atoms with Crippen LogP contribution in [-0.2, 0) is 13.0 Å². The topological polar surface area (TPSA) is 51.1 Å². The highest BCUT2D eigenvalue weighted by atomic mass is 35.5. The Balaban J connectivity index is 1.68. The largest absolute Gasteiger partial charge is 0.348 e. The number of carbonyl (C=O) groups is 1. The minimum absolute atomic E-state index is 0.187. The Hall–Kier alpha value is -2.59. The fraction of sp³-hybridized carbons (Fsp3) is 0.200. The lowest BCUT2D eigenvalue weighted by molar-refractivity contribution is 0.0949. The normalized spacial score (nSPS) is 15.5. The van der Waals surface area contributed by atoms with E-state index in [-0.39, 0.29) is 22.9 Å².